The van der Waals surface area contributed by atoms with E-state index in [2.05, 4.69) is 10.3 Å². The Kier molecular flexibility index (Phi) is 5.28. The van der Waals surface area contributed by atoms with Crippen molar-refractivity contribution in [3.63, 3.8) is 0 Å². The number of phenols is 1. The zero-order valence-corrected chi connectivity index (χ0v) is 14.5. The molecule has 1 aliphatic rings. The SMILES string of the molecule is CN=C(NCCc1ccccc1O)N(C)Cc1ccc2c(c1)OCO2. The van der Waals surface area contributed by atoms with E-state index >= 15 is 0 Å². The lowest BCUT2D eigenvalue weighted by molar-refractivity contribution is 0.174. The number of aromatic hydroxyl groups is 1. The van der Waals surface area contributed by atoms with Crippen molar-refractivity contribution in [3.05, 3.63) is 53.6 Å². The molecule has 2 aromatic rings. The number of ether oxygens (including phenoxy) is 2. The van der Waals surface area contributed by atoms with Crippen molar-refractivity contribution < 1.29 is 14.6 Å². The Morgan fingerprint density at radius 3 is 2.80 bits per heavy atom. The van der Waals surface area contributed by atoms with Gasteiger partial charge >= 0.3 is 0 Å². The van der Waals surface area contributed by atoms with Gasteiger partial charge in [0.2, 0.25) is 6.79 Å². The number of nitrogens with one attached hydrogen (secondary N) is 1. The Labute approximate surface area is 147 Å². The molecule has 132 valence electrons. The highest BCUT2D eigenvalue weighted by atomic mass is 16.7. The number of benzene rings is 2. The molecule has 6 heteroatoms. The van der Waals surface area contributed by atoms with Crippen LogP contribution in [0.3, 0.4) is 0 Å². The van der Waals surface area contributed by atoms with Crippen molar-refractivity contribution in [1.82, 2.24) is 10.2 Å². The van der Waals surface area contributed by atoms with E-state index in [0.29, 0.717) is 18.8 Å². The predicted octanol–water partition coefficient (Wildman–Crippen LogP) is 2.37. The summed E-state index contributed by atoms with van der Waals surface area (Å²) in [7, 11) is 3.75. The predicted molar refractivity (Wildman–Crippen MR) is 97.2 cm³/mol. The Bertz CT molecular complexity index is 761. The van der Waals surface area contributed by atoms with E-state index in [-0.39, 0.29) is 6.79 Å². The zero-order chi connectivity index (χ0) is 17.6. The molecule has 1 aliphatic heterocycles. The Hall–Kier alpha value is -2.89. The lowest BCUT2D eigenvalue weighted by Gasteiger charge is -2.22. The summed E-state index contributed by atoms with van der Waals surface area (Å²) in [5, 5.41) is 13.1. The van der Waals surface area contributed by atoms with Crippen LogP contribution in [0.25, 0.3) is 0 Å². The van der Waals surface area contributed by atoms with Crippen molar-refractivity contribution >= 4 is 5.96 Å². The first-order chi connectivity index (χ1) is 12.2. The van der Waals surface area contributed by atoms with Crippen LogP contribution >= 0.6 is 0 Å². The van der Waals surface area contributed by atoms with Gasteiger partial charge in [-0.25, -0.2) is 0 Å². The topological polar surface area (TPSA) is 66.3 Å². The molecule has 0 saturated carbocycles. The minimum atomic E-state index is 0.282. The minimum absolute atomic E-state index is 0.282. The summed E-state index contributed by atoms with van der Waals surface area (Å²) in [6, 6.07) is 13.3. The fraction of sp³-hybridized carbons (Fsp3) is 0.316. The number of guanidine groups is 1. The van der Waals surface area contributed by atoms with Gasteiger partial charge in [0.15, 0.2) is 17.5 Å². The highest BCUT2D eigenvalue weighted by molar-refractivity contribution is 5.79. The fourth-order valence-electron chi connectivity index (χ4n) is 2.80. The van der Waals surface area contributed by atoms with Crippen LogP contribution in [0.15, 0.2) is 47.5 Å². The van der Waals surface area contributed by atoms with E-state index in [1.165, 1.54) is 0 Å². The molecule has 0 spiro atoms. The molecular weight excluding hydrogens is 318 g/mol. The second kappa shape index (κ2) is 7.79. The average molecular weight is 341 g/mol. The molecule has 0 atom stereocenters. The second-order valence-corrected chi connectivity index (χ2v) is 5.90. The summed E-state index contributed by atoms with van der Waals surface area (Å²) in [5.74, 6) is 2.70. The maximum absolute atomic E-state index is 9.82. The van der Waals surface area contributed by atoms with Gasteiger partial charge in [-0.05, 0) is 35.7 Å². The summed E-state index contributed by atoms with van der Waals surface area (Å²) in [5.41, 5.74) is 2.04. The standard InChI is InChI=1S/C19H23N3O3/c1-20-19(21-10-9-15-5-3-4-6-16(15)23)22(2)12-14-7-8-17-18(11-14)25-13-24-17/h3-8,11,23H,9-10,12-13H2,1-2H3,(H,20,21). The summed E-state index contributed by atoms with van der Waals surface area (Å²) in [6.45, 7) is 1.67. The van der Waals surface area contributed by atoms with Crippen LogP contribution in [0.4, 0.5) is 0 Å². The van der Waals surface area contributed by atoms with Crippen molar-refractivity contribution in [2.24, 2.45) is 4.99 Å². The van der Waals surface area contributed by atoms with E-state index in [9.17, 15) is 5.11 Å². The van der Waals surface area contributed by atoms with Crippen molar-refractivity contribution in [3.8, 4) is 17.2 Å². The number of para-hydroxylation sites is 1. The molecule has 0 amide bonds. The molecule has 2 N–H and O–H groups in total. The normalized spacial score (nSPS) is 13.0. The highest BCUT2D eigenvalue weighted by Gasteiger charge is 2.14. The summed E-state index contributed by atoms with van der Waals surface area (Å²) in [6.07, 6.45) is 0.726. The Morgan fingerprint density at radius 2 is 2.00 bits per heavy atom. The largest absolute Gasteiger partial charge is 0.508 e. The number of hydrogen-bond donors (Lipinski definition) is 2. The van der Waals surface area contributed by atoms with E-state index in [1.807, 2.05) is 48.3 Å². The van der Waals surface area contributed by atoms with Crippen molar-refractivity contribution in [1.29, 1.82) is 0 Å². The molecule has 0 saturated heterocycles. The van der Waals surface area contributed by atoms with Gasteiger partial charge in [-0.2, -0.15) is 0 Å². The third kappa shape index (κ3) is 4.15. The van der Waals surface area contributed by atoms with E-state index in [1.54, 1.807) is 13.1 Å². The fourth-order valence-corrected chi connectivity index (χ4v) is 2.80. The third-order valence-corrected chi connectivity index (χ3v) is 4.10. The number of nitrogens with zero attached hydrogens (tertiary/aromatic N) is 2. The van der Waals surface area contributed by atoms with E-state index in [4.69, 9.17) is 9.47 Å². The molecule has 2 aromatic carbocycles. The quantitative estimate of drug-likeness (QED) is 0.646. The van der Waals surface area contributed by atoms with Gasteiger partial charge in [0, 0.05) is 27.2 Å². The van der Waals surface area contributed by atoms with Gasteiger partial charge < -0.3 is 24.8 Å². The molecule has 1 heterocycles. The van der Waals surface area contributed by atoms with E-state index in [0.717, 1.165) is 35.0 Å². The smallest absolute Gasteiger partial charge is 0.231 e. The zero-order valence-electron chi connectivity index (χ0n) is 14.5. The van der Waals surface area contributed by atoms with Crippen LogP contribution < -0.4 is 14.8 Å². The maximum atomic E-state index is 9.82. The van der Waals surface area contributed by atoms with Crippen molar-refractivity contribution in [2.75, 3.05) is 27.4 Å². The van der Waals surface area contributed by atoms with Crippen LogP contribution in [0, 0.1) is 0 Å². The molecule has 0 bridgehead atoms. The molecule has 25 heavy (non-hydrogen) atoms. The number of aliphatic imine (C=N–C) groups is 1. The molecule has 0 radical (unpaired) electrons. The van der Waals surface area contributed by atoms with Gasteiger partial charge in [-0.3, -0.25) is 4.99 Å². The van der Waals surface area contributed by atoms with Gasteiger partial charge in [0.25, 0.3) is 0 Å². The minimum Gasteiger partial charge on any atom is -0.508 e. The third-order valence-electron chi connectivity index (χ3n) is 4.10. The first-order valence-corrected chi connectivity index (χ1v) is 8.24. The summed E-state index contributed by atoms with van der Waals surface area (Å²) >= 11 is 0. The first kappa shape index (κ1) is 17.0. The Balaban J connectivity index is 1.54. The van der Waals surface area contributed by atoms with Crippen LogP contribution in [0.1, 0.15) is 11.1 Å². The first-order valence-electron chi connectivity index (χ1n) is 8.24. The second-order valence-electron chi connectivity index (χ2n) is 5.90. The molecule has 0 aliphatic carbocycles. The van der Waals surface area contributed by atoms with Crippen LogP contribution in [-0.2, 0) is 13.0 Å². The van der Waals surface area contributed by atoms with Crippen molar-refractivity contribution in [2.45, 2.75) is 13.0 Å². The average Bonchev–Trinajstić information content (AvgIpc) is 3.08. The molecule has 0 aromatic heterocycles. The lowest BCUT2D eigenvalue weighted by Crippen LogP contribution is -2.39. The molecule has 3 rings (SSSR count). The van der Waals surface area contributed by atoms with Gasteiger partial charge in [0.1, 0.15) is 5.75 Å². The van der Waals surface area contributed by atoms with Crippen LogP contribution in [0.2, 0.25) is 0 Å². The van der Waals surface area contributed by atoms with Crippen LogP contribution in [0.5, 0.6) is 17.2 Å². The maximum Gasteiger partial charge on any atom is 0.231 e. The van der Waals surface area contributed by atoms with Gasteiger partial charge in [-0.1, -0.05) is 24.3 Å². The monoisotopic (exact) mass is 341 g/mol. The van der Waals surface area contributed by atoms with E-state index < -0.39 is 0 Å². The molecule has 0 unspecified atom stereocenters. The van der Waals surface area contributed by atoms with Gasteiger partial charge in [0.05, 0.1) is 0 Å². The number of rotatable bonds is 5. The Morgan fingerprint density at radius 1 is 1.20 bits per heavy atom. The molecular formula is C19H23N3O3. The summed E-state index contributed by atoms with van der Waals surface area (Å²) < 4.78 is 10.8. The van der Waals surface area contributed by atoms with Crippen LogP contribution in [-0.4, -0.2) is 43.4 Å². The number of fused-ring (bicyclic) bond motifs is 1. The lowest BCUT2D eigenvalue weighted by atomic mass is 10.1. The van der Waals surface area contributed by atoms with Gasteiger partial charge in [-0.15, -0.1) is 0 Å². The number of phenolic OH excluding ortho intramolecular Hbond substituents is 1. The summed E-state index contributed by atoms with van der Waals surface area (Å²) in [4.78, 5) is 6.37. The molecule has 0 fully saturated rings. The number of hydrogen-bond acceptors (Lipinski definition) is 4. The highest BCUT2D eigenvalue weighted by Crippen LogP contribution is 2.32. The molecule has 6 nitrogen and oxygen atoms in total.